The smallest absolute Gasteiger partial charge is 0.223 e. The molecule has 1 saturated carbocycles. The van der Waals surface area contributed by atoms with Gasteiger partial charge in [0.05, 0.1) is 24.0 Å². The summed E-state index contributed by atoms with van der Waals surface area (Å²) in [5.41, 5.74) is 2.31. The van der Waals surface area contributed by atoms with Gasteiger partial charge in [-0.15, -0.1) is 0 Å². The fourth-order valence-electron chi connectivity index (χ4n) is 5.99. The molecule has 34 heavy (non-hydrogen) atoms. The molecule has 1 amide bonds. The first-order chi connectivity index (χ1) is 16.7. The number of amidine groups is 1. The maximum atomic E-state index is 13.1. The molecule has 174 valence electrons. The largest absolute Gasteiger partial charge is 0.347 e. The van der Waals surface area contributed by atoms with Gasteiger partial charge in [-0.3, -0.25) is 14.8 Å². The van der Waals surface area contributed by atoms with Crippen molar-refractivity contribution in [2.24, 2.45) is 10.9 Å². The molecule has 1 aromatic carbocycles. The highest BCUT2D eigenvalue weighted by Gasteiger charge is 2.45. The number of hydrogen-bond acceptors (Lipinski definition) is 6. The van der Waals surface area contributed by atoms with E-state index in [0.717, 1.165) is 50.1 Å². The lowest BCUT2D eigenvalue weighted by atomic mass is 9.99. The lowest BCUT2D eigenvalue weighted by molar-refractivity contribution is -0.133. The molecule has 2 aromatic rings. The summed E-state index contributed by atoms with van der Waals surface area (Å²) in [4.78, 5) is 26.7. The molecule has 4 heterocycles. The SMILES string of the molecule is N#CC1C=CC(N2C3CCC2CN(C(=O)CCNC2(c4cccc5ncccc45)CC2)C3)=NC1. The number of nitrogens with zero attached hydrogens (tertiary/aromatic N) is 5. The Kier molecular flexibility index (Phi) is 5.34. The van der Waals surface area contributed by atoms with Gasteiger partial charge in [0.25, 0.3) is 0 Å². The third-order valence-corrected chi connectivity index (χ3v) is 7.91. The molecule has 3 fully saturated rings. The fraction of sp³-hybridized carbons (Fsp3) is 0.481. The van der Waals surface area contributed by atoms with Gasteiger partial charge in [0.1, 0.15) is 5.84 Å². The van der Waals surface area contributed by atoms with Crippen molar-refractivity contribution in [1.82, 2.24) is 20.1 Å². The fourth-order valence-corrected chi connectivity index (χ4v) is 5.99. The van der Waals surface area contributed by atoms with Crippen molar-refractivity contribution in [3.05, 3.63) is 54.2 Å². The molecular weight excluding hydrogens is 424 g/mol. The second kappa shape index (κ2) is 8.52. The Bertz CT molecular complexity index is 1190. The van der Waals surface area contributed by atoms with Crippen LogP contribution in [0.25, 0.3) is 10.9 Å². The number of hydrogen-bond donors (Lipinski definition) is 1. The summed E-state index contributed by atoms with van der Waals surface area (Å²) < 4.78 is 0. The van der Waals surface area contributed by atoms with Gasteiger partial charge in [0.2, 0.25) is 5.91 Å². The zero-order valence-electron chi connectivity index (χ0n) is 19.4. The highest BCUT2D eigenvalue weighted by molar-refractivity contribution is 5.94. The molecule has 3 atom stereocenters. The minimum absolute atomic E-state index is 0.0205. The highest BCUT2D eigenvalue weighted by atomic mass is 16.2. The van der Waals surface area contributed by atoms with Crippen molar-refractivity contribution in [1.29, 1.82) is 5.26 Å². The van der Waals surface area contributed by atoms with E-state index < -0.39 is 0 Å². The number of nitriles is 1. The molecule has 1 aromatic heterocycles. The minimum atomic E-state index is -0.114. The van der Waals surface area contributed by atoms with Gasteiger partial charge >= 0.3 is 0 Å². The summed E-state index contributed by atoms with van der Waals surface area (Å²) in [6.07, 6.45) is 10.7. The topological polar surface area (TPSA) is 84.6 Å². The van der Waals surface area contributed by atoms with Crippen molar-refractivity contribution in [2.45, 2.75) is 49.7 Å². The number of fused-ring (bicyclic) bond motifs is 3. The van der Waals surface area contributed by atoms with E-state index in [2.05, 4.69) is 55.4 Å². The van der Waals surface area contributed by atoms with Gasteiger partial charge in [-0.25, -0.2) is 0 Å². The number of pyridine rings is 1. The van der Waals surface area contributed by atoms with Gasteiger partial charge in [0, 0.05) is 55.3 Å². The van der Waals surface area contributed by atoms with Crippen LogP contribution < -0.4 is 5.32 Å². The summed E-state index contributed by atoms with van der Waals surface area (Å²) in [6, 6.07) is 13.4. The molecular formula is C27H30N6O. The van der Waals surface area contributed by atoms with Crippen molar-refractivity contribution < 1.29 is 4.79 Å². The van der Waals surface area contributed by atoms with Gasteiger partial charge in [0.15, 0.2) is 0 Å². The Balaban J connectivity index is 1.06. The third-order valence-electron chi connectivity index (χ3n) is 7.91. The van der Waals surface area contributed by atoms with E-state index in [1.165, 1.54) is 10.9 Å². The van der Waals surface area contributed by atoms with Crippen LogP contribution >= 0.6 is 0 Å². The molecule has 0 spiro atoms. The molecule has 7 nitrogen and oxygen atoms in total. The Hall–Kier alpha value is -3.24. The summed E-state index contributed by atoms with van der Waals surface area (Å²) in [7, 11) is 0. The number of likely N-dealkylation sites (tertiary alicyclic amines) is 1. The Labute approximate surface area is 200 Å². The maximum absolute atomic E-state index is 13.1. The number of amides is 1. The number of carbonyl (C=O) groups is 1. The Morgan fingerprint density at radius 3 is 2.71 bits per heavy atom. The monoisotopic (exact) mass is 454 g/mol. The Morgan fingerprint density at radius 2 is 2.00 bits per heavy atom. The second-order valence-corrected chi connectivity index (χ2v) is 10.0. The summed E-state index contributed by atoms with van der Waals surface area (Å²) in [6.45, 7) is 2.77. The number of rotatable bonds is 5. The third kappa shape index (κ3) is 3.76. The number of piperazine rings is 1. The molecule has 1 aliphatic carbocycles. The predicted octanol–water partition coefficient (Wildman–Crippen LogP) is 2.99. The van der Waals surface area contributed by atoms with Crippen molar-refractivity contribution in [2.75, 3.05) is 26.2 Å². The molecule has 3 aliphatic heterocycles. The van der Waals surface area contributed by atoms with Crippen LogP contribution in [-0.4, -0.2) is 64.8 Å². The van der Waals surface area contributed by atoms with Gasteiger partial charge in [-0.1, -0.05) is 24.3 Å². The number of aliphatic imine (C=N–C) groups is 1. The first-order valence-corrected chi connectivity index (χ1v) is 12.4. The van der Waals surface area contributed by atoms with Crippen LogP contribution in [0.2, 0.25) is 0 Å². The number of carbonyl (C=O) groups excluding carboxylic acids is 1. The van der Waals surface area contributed by atoms with Crippen molar-refractivity contribution >= 4 is 22.6 Å². The van der Waals surface area contributed by atoms with Crippen LogP contribution in [0.3, 0.4) is 0 Å². The number of benzene rings is 1. The van der Waals surface area contributed by atoms with E-state index in [1.54, 1.807) is 0 Å². The number of dihydropyridines is 1. The zero-order chi connectivity index (χ0) is 23.1. The van der Waals surface area contributed by atoms with E-state index in [0.29, 0.717) is 31.6 Å². The molecule has 4 aliphatic rings. The lowest BCUT2D eigenvalue weighted by Gasteiger charge is -2.42. The molecule has 2 bridgehead atoms. The first-order valence-electron chi connectivity index (χ1n) is 12.4. The number of aromatic nitrogens is 1. The average molecular weight is 455 g/mol. The van der Waals surface area contributed by atoms with E-state index in [1.807, 2.05) is 24.4 Å². The molecule has 6 rings (SSSR count). The van der Waals surface area contributed by atoms with E-state index >= 15 is 0 Å². The van der Waals surface area contributed by atoms with Crippen LogP contribution in [0.1, 0.15) is 37.7 Å². The van der Waals surface area contributed by atoms with Crippen LogP contribution in [0.5, 0.6) is 0 Å². The summed E-state index contributed by atoms with van der Waals surface area (Å²) >= 11 is 0. The van der Waals surface area contributed by atoms with Crippen LogP contribution in [0.4, 0.5) is 0 Å². The maximum Gasteiger partial charge on any atom is 0.223 e. The molecule has 7 heteroatoms. The predicted molar refractivity (Wildman–Crippen MR) is 131 cm³/mol. The van der Waals surface area contributed by atoms with Crippen LogP contribution in [0.15, 0.2) is 53.7 Å². The van der Waals surface area contributed by atoms with Crippen molar-refractivity contribution in [3.8, 4) is 6.07 Å². The van der Waals surface area contributed by atoms with Gasteiger partial charge in [-0.05, 0) is 49.5 Å². The quantitative estimate of drug-likeness (QED) is 0.751. The lowest BCUT2D eigenvalue weighted by Crippen LogP contribution is -2.57. The standard InChI is InChI=1S/C27H30N6O/c28-15-19-6-9-25(30-16-19)33-20-7-8-21(33)18-32(17-20)26(34)10-14-31-27(11-12-27)23-4-1-5-24-22(23)3-2-13-29-24/h1-6,9,13,19-21,31H,7-8,10-12,14,16-18H2. The second-order valence-electron chi connectivity index (χ2n) is 10.0. The van der Waals surface area contributed by atoms with Crippen molar-refractivity contribution in [3.63, 3.8) is 0 Å². The van der Waals surface area contributed by atoms with E-state index in [-0.39, 0.29) is 17.4 Å². The molecule has 0 radical (unpaired) electrons. The minimum Gasteiger partial charge on any atom is -0.347 e. The van der Waals surface area contributed by atoms with Gasteiger partial charge in [-0.2, -0.15) is 5.26 Å². The normalized spacial score (nSPS) is 26.9. The van der Waals surface area contributed by atoms with E-state index in [4.69, 9.17) is 5.26 Å². The summed E-state index contributed by atoms with van der Waals surface area (Å²) in [5.74, 6) is 1.12. The number of nitrogens with one attached hydrogen (secondary N) is 1. The van der Waals surface area contributed by atoms with E-state index in [9.17, 15) is 4.79 Å². The molecule has 2 saturated heterocycles. The molecule has 1 N–H and O–H groups in total. The zero-order valence-corrected chi connectivity index (χ0v) is 19.4. The van der Waals surface area contributed by atoms with Crippen LogP contribution in [-0.2, 0) is 10.3 Å². The molecule has 3 unspecified atom stereocenters. The Morgan fingerprint density at radius 1 is 1.18 bits per heavy atom. The highest BCUT2D eigenvalue weighted by Crippen LogP contribution is 2.47. The average Bonchev–Trinajstić information content (AvgIpc) is 3.62. The van der Waals surface area contributed by atoms with Gasteiger partial charge < -0.3 is 15.1 Å². The summed E-state index contributed by atoms with van der Waals surface area (Å²) in [5, 5.41) is 14.0. The van der Waals surface area contributed by atoms with Crippen LogP contribution in [0, 0.1) is 17.2 Å². The first kappa shape index (κ1) is 21.3.